The van der Waals surface area contributed by atoms with E-state index in [9.17, 15) is 14.7 Å². The number of H-pyrrole nitrogens is 1. The van der Waals surface area contributed by atoms with E-state index in [0.717, 1.165) is 10.9 Å². The molecule has 7 nitrogen and oxygen atoms in total. The Morgan fingerprint density at radius 2 is 1.68 bits per heavy atom. The quantitative estimate of drug-likeness (QED) is 0.350. The van der Waals surface area contributed by atoms with Crippen molar-refractivity contribution in [2.75, 3.05) is 5.32 Å². The minimum Gasteiger partial charge on any atom is -0.478 e. The summed E-state index contributed by atoms with van der Waals surface area (Å²) in [6, 6.07) is 21.6. The smallest absolute Gasteiger partial charge is 0.336 e. The molecule has 0 aliphatic carbocycles. The highest BCUT2D eigenvalue weighted by Gasteiger charge is 2.13. The third kappa shape index (κ3) is 4.79. The molecule has 4 N–H and O–H groups in total. The van der Waals surface area contributed by atoms with Crippen molar-refractivity contribution in [2.45, 2.75) is 6.54 Å². The third-order valence-corrected chi connectivity index (χ3v) is 4.72. The van der Waals surface area contributed by atoms with Gasteiger partial charge in [-0.05, 0) is 29.3 Å². The van der Waals surface area contributed by atoms with E-state index in [4.69, 9.17) is 0 Å². The summed E-state index contributed by atoms with van der Waals surface area (Å²) in [5, 5.41) is 15.9. The predicted molar refractivity (Wildman–Crippen MR) is 120 cm³/mol. The second-order valence-electron chi connectivity index (χ2n) is 6.86. The number of aliphatic carboxylic acids is 1. The first kappa shape index (κ1) is 19.9. The summed E-state index contributed by atoms with van der Waals surface area (Å²) in [7, 11) is 0. The number of aromatic amines is 1. The Kier molecular flexibility index (Phi) is 5.75. The van der Waals surface area contributed by atoms with Crippen LogP contribution in [-0.4, -0.2) is 27.1 Å². The first-order valence-electron chi connectivity index (χ1n) is 9.67. The third-order valence-electron chi connectivity index (χ3n) is 4.72. The van der Waals surface area contributed by atoms with Crippen molar-refractivity contribution in [3.8, 4) is 0 Å². The Labute approximate surface area is 178 Å². The Morgan fingerprint density at radius 3 is 2.39 bits per heavy atom. The normalized spacial score (nSPS) is 11.3. The van der Waals surface area contributed by atoms with Gasteiger partial charge in [-0.25, -0.2) is 14.6 Å². The second-order valence-corrected chi connectivity index (χ2v) is 6.86. The average molecular weight is 412 g/mol. The van der Waals surface area contributed by atoms with Crippen LogP contribution in [0.4, 0.5) is 10.6 Å². The number of benzene rings is 2. The number of carbonyl (C=O) groups is 2. The van der Waals surface area contributed by atoms with Crippen molar-refractivity contribution in [2.24, 2.45) is 0 Å². The van der Waals surface area contributed by atoms with E-state index in [2.05, 4.69) is 20.6 Å². The Bertz CT molecular complexity index is 1250. The van der Waals surface area contributed by atoms with Crippen molar-refractivity contribution in [1.29, 1.82) is 0 Å². The zero-order valence-corrected chi connectivity index (χ0v) is 16.5. The summed E-state index contributed by atoms with van der Waals surface area (Å²) >= 11 is 0. The molecule has 7 heteroatoms. The number of aromatic nitrogens is 2. The van der Waals surface area contributed by atoms with Gasteiger partial charge in [-0.15, -0.1) is 0 Å². The lowest BCUT2D eigenvalue weighted by molar-refractivity contribution is -0.130. The van der Waals surface area contributed by atoms with Gasteiger partial charge in [0.2, 0.25) is 0 Å². The van der Waals surface area contributed by atoms with Crippen LogP contribution in [0.3, 0.4) is 0 Å². The number of urea groups is 1. The fraction of sp³-hybridized carbons (Fsp3) is 0.0417. The molecule has 2 amide bonds. The molecule has 0 unspecified atom stereocenters. The van der Waals surface area contributed by atoms with E-state index >= 15 is 0 Å². The number of anilines is 1. The van der Waals surface area contributed by atoms with Gasteiger partial charge in [0.25, 0.3) is 0 Å². The first-order chi connectivity index (χ1) is 15.1. The van der Waals surface area contributed by atoms with Crippen molar-refractivity contribution >= 4 is 40.5 Å². The molecule has 0 saturated heterocycles. The number of pyridine rings is 1. The zero-order chi connectivity index (χ0) is 21.6. The molecular formula is C24H20N4O3. The fourth-order valence-corrected chi connectivity index (χ4v) is 3.20. The van der Waals surface area contributed by atoms with Gasteiger partial charge in [-0.1, -0.05) is 60.7 Å². The van der Waals surface area contributed by atoms with Crippen LogP contribution in [0, 0.1) is 0 Å². The minimum absolute atomic E-state index is 0.184. The van der Waals surface area contributed by atoms with Crippen molar-refractivity contribution in [1.82, 2.24) is 15.3 Å². The molecule has 31 heavy (non-hydrogen) atoms. The Morgan fingerprint density at radius 1 is 0.968 bits per heavy atom. The van der Waals surface area contributed by atoms with E-state index in [0.29, 0.717) is 29.1 Å². The lowest BCUT2D eigenvalue weighted by Crippen LogP contribution is -2.28. The van der Waals surface area contributed by atoms with Crippen LogP contribution >= 0.6 is 0 Å². The molecular weight excluding hydrogens is 392 g/mol. The molecule has 0 saturated carbocycles. The van der Waals surface area contributed by atoms with Crippen molar-refractivity contribution in [3.05, 3.63) is 95.7 Å². The number of fused-ring (bicyclic) bond motifs is 1. The maximum atomic E-state index is 12.2. The molecule has 0 bridgehead atoms. The van der Waals surface area contributed by atoms with Crippen LogP contribution in [0.25, 0.3) is 22.7 Å². The van der Waals surface area contributed by atoms with E-state index in [1.165, 1.54) is 0 Å². The van der Waals surface area contributed by atoms with Crippen LogP contribution in [0.1, 0.15) is 16.7 Å². The summed E-state index contributed by atoms with van der Waals surface area (Å²) in [5.41, 5.74) is 3.04. The number of rotatable bonds is 6. The van der Waals surface area contributed by atoms with Gasteiger partial charge in [0, 0.05) is 23.7 Å². The van der Waals surface area contributed by atoms with Gasteiger partial charge in [0.1, 0.15) is 11.5 Å². The Hall–Kier alpha value is -4.39. The van der Waals surface area contributed by atoms with Crippen molar-refractivity contribution < 1.29 is 14.7 Å². The molecule has 0 aliphatic rings. The first-order valence-corrected chi connectivity index (χ1v) is 9.67. The lowest BCUT2D eigenvalue weighted by atomic mass is 10.0. The summed E-state index contributed by atoms with van der Waals surface area (Å²) < 4.78 is 0. The standard InChI is InChI=1S/C24H20N4O3/c29-23(30)20(17-9-5-2-6-10-17)13-18-15-25-22-19(18)11-12-21(27-22)28-24(31)26-14-16-7-3-1-4-8-16/h1-13,15H,14H2,(H,29,30)(H3,25,26,27,28,31). The van der Waals surface area contributed by atoms with E-state index in [1.54, 1.807) is 48.7 Å². The van der Waals surface area contributed by atoms with E-state index in [1.807, 2.05) is 36.4 Å². The molecule has 2 heterocycles. The van der Waals surface area contributed by atoms with Gasteiger partial charge in [-0.3, -0.25) is 5.32 Å². The zero-order valence-electron chi connectivity index (χ0n) is 16.5. The van der Waals surface area contributed by atoms with Gasteiger partial charge >= 0.3 is 12.0 Å². The van der Waals surface area contributed by atoms with Gasteiger partial charge in [-0.2, -0.15) is 0 Å². The molecule has 2 aromatic heterocycles. The highest BCUT2D eigenvalue weighted by Crippen LogP contribution is 2.24. The van der Waals surface area contributed by atoms with E-state index < -0.39 is 5.97 Å². The summed E-state index contributed by atoms with van der Waals surface area (Å²) in [4.78, 5) is 31.4. The second kappa shape index (κ2) is 8.96. The number of hydrogen-bond acceptors (Lipinski definition) is 3. The molecule has 154 valence electrons. The number of amides is 2. The topological polar surface area (TPSA) is 107 Å². The number of carboxylic acids is 1. The monoisotopic (exact) mass is 412 g/mol. The number of nitrogens with zero attached hydrogens (tertiary/aromatic N) is 1. The maximum Gasteiger partial charge on any atom is 0.336 e. The molecule has 4 rings (SSSR count). The van der Waals surface area contributed by atoms with Gasteiger partial charge in [0.15, 0.2) is 0 Å². The molecule has 0 atom stereocenters. The van der Waals surface area contributed by atoms with Gasteiger partial charge < -0.3 is 15.4 Å². The van der Waals surface area contributed by atoms with Crippen molar-refractivity contribution in [3.63, 3.8) is 0 Å². The summed E-state index contributed by atoms with van der Waals surface area (Å²) in [5.74, 6) is -0.626. The van der Waals surface area contributed by atoms with Gasteiger partial charge in [0.05, 0.1) is 5.57 Å². The van der Waals surface area contributed by atoms with Crippen LogP contribution in [0.2, 0.25) is 0 Å². The van der Waals surface area contributed by atoms with Crippen LogP contribution < -0.4 is 10.6 Å². The van der Waals surface area contributed by atoms with E-state index in [-0.39, 0.29) is 11.6 Å². The number of carboxylic acid groups (broad SMARTS) is 1. The van der Waals surface area contributed by atoms with Crippen LogP contribution in [-0.2, 0) is 11.3 Å². The molecule has 0 aliphatic heterocycles. The Balaban J connectivity index is 1.51. The molecule has 0 radical (unpaired) electrons. The lowest BCUT2D eigenvalue weighted by Gasteiger charge is -2.07. The fourth-order valence-electron chi connectivity index (χ4n) is 3.20. The predicted octanol–water partition coefficient (Wildman–Crippen LogP) is 4.51. The van der Waals surface area contributed by atoms with Crippen LogP contribution in [0.15, 0.2) is 79.0 Å². The number of hydrogen-bond donors (Lipinski definition) is 4. The number of nitrogens with one attached hydrogen (secondary N) is 3. The summed E-state index contributed by atoms with van der Waals surface area (Å²) in [6.45, 7) is 0.407. The summed E-state index contributed by atoms with van der Waals surface area (Å²) in [6.07, 6.45) is 3.31. The average Bonchev–Trinajstić information content (AvgIpc) is 3.19. The maximum absolute atomic E-state index is 12.2. The molecule has 0 fully saturated rings. The highest BCUT2D eigenvalue weighted by atomic mass is 16.4. The minimum atomic E-state index is -1.01. The highest BCUT2D eigenvalue weighted by molar-refractivity contribution is 6.21. The SMILES string of the molecule is O=C(NCc1ccccc1)Nc1ccc2c(C=C(C(=O)O)c3ccccc3)c[nH]c2n1. The number of carbonyl (C=O) groups excluding carboxylic acids is 1. The molecule has 4 aromatic rings. The molecule has 0 spiro atoms. The largest absolute Gasteiger partial charge is 0.478 e. The molecule has 2 aromatic carbocycles. The van der Waals surface area contributed by atoms with Crippen LogP contribution in [0.5, 0.6) is 0 Å².